The maximum Gasteiger partial charge on any atom is 0.0305 e. The van der Waals surface area contributed by atoms with Crippen LogP contribution in [0.2, 0.25) is 0 Å². The zero-order valence-electron chi connectivity index (χ0n) is 8.88. The minimum Gasteiger partial charge on any atom is -0.264 e. The number of aromatic nitrogens is 1. The van der Waals surface area contributed by atoms with Gasteiger partial charge in [0.1, 0.15) is 0 Å². The van der Waals surface area contributed by atoms with Crippen LogP contribution < -0.4 is 0 Å². The van der Waals surface area contributed by atoms with E-state index in [1.165, 1.54) is 30.4 Å². The second kappa shape index (κ2) is 5.00. The molecule has 0 aliphatic rings. The molecule has 0 N–H and O–H groups in total. The fraction of sp³-hybridized carbons (Fsp3) is 0.583. The lowest BCUT2D eigenvalue weighted by atomic mass is 9.94. The minimum atomic E-state index is 0.661. The van der Waals surface area contributed by atoms with Crippen LogP contribution in [0.1, 0.15) is 50.2 Å². The van der Waals surface area contributed by atoms with Crippen molar-refractivity contribution in [3.05, 3.63) is 29.6 Å². The molecule has 72 valence electrons. The topological polar surface area (TPSA) is 12.9 Å². The molecule has 1 nitrogen and oxygen atoms in total. The Morgan fingerprint density at radius 1 is 1.46 bits per heavy atom. The molecule has 1 aromatic rings. The van der Waals surface area contributed by atoms with Crippen LogP contribution in [0.15, 0.2) is 18.5 Å². The van der Waals surface area contributed by atoms with Crippen LogP contribution in [-0.4, -0.2) is 4.98 Å². The molecule has 0 spiro atoms. The smallest absolute Gasteiger partial charge is 0.0305 e. The van der Waals surface area contributed by atoms with Gasteiger partial charge in [-0.15, -0.1) is 0 Å². The van der Waals surface area contributed by atoms with Crippen LogP contribution in [0.3, 0.4) is 0 Å². The van der Waals surface area contributed by atoms with E-state index in [9.17, 15) is 0 Å². The molecule has 1 heteroatoms. The standard InChI is InChI=1S/C12H19N/c1-4-5-6-10(2)12-9-13-8-7-11(12)3/h7-10H,4-6H2,1-3H3. The Bertz CT molecular complexity index is 255. The first-order chi connectivity index (χ1) is 6.25. The molecule has 0 radical (unpaired) electrons. The van der Waals surface area contributed by atoms with Gasteiger partial charge in [-0.1, -0.05) is 26.7 Å². The predicted molar refractivity (Wildman–Crippen MR) is 56.9 cm³/mol. The molecule has 1 aromatic heterocycles. The zero-order chi connectivity index (χ0) is 9.68. The summed E-state index contributed by atoms with van der Waals surface area (Å²) in [7, 11) is 0. The summed E-state index contributed by atoms with van der Waals surface area (Å²) in [6.07, 6.45) is 7.75. The van der Waals surface area contributed by atoms with E-state index in [1.807, 2.05) is 12.4 Å². The third kappa shape index (κ3) is 2.83. The van der Waals surface area contributed by atoms with Gasteiger partial charge >= 0.3 is 0 Å². The van der Waals surface area contributed by atoms with Crippen LogP contribution in [0, 0.1) is 6.92 Å². The Balaban J connectivity index is 2.65. The van der Waals surface area contributed by atoms with Crippen molar-refractivity contribution in [3.8, 4) is 0 Å². The highest BCUT2D eigenvalue weighted by atomic mass is 14.6. The molecule has 0 amide bonds. The summed E-state index contributed by atoms with van der Waals surface area (Å²) >= 11 is 0. The van der Waals surface area contributed by atoms with E-state index in [0.29, 0.717) is 5.92 Å². The molecule has 0 aliphatic carbocycles. The quantitative estimate of drug-likeness (QED) is 0.683. The molecule has 0 saturated carbocycles. The first-order valence-electron chi connectivity index (χ1n) is 5.16. The van der Waals surface area contributed by atoms with Gasteiger partial charge in [-0.2, -0.15) is 0 Å². The van der Waals surface area contributed by atoms with Gasteiger partial charge in [0.15, 0.2) is 0 Å². The lowest BCUT2D eigenvalue weighted by Gasteiger charge is -2.12. The highest BCUT2D eigenvalue weighted by molar-refractivity contribution is 5.24. The Morgan fingerprint density at radius 3 is 2.85 bits per heavy atom. The Hall–Kier alpha value is -0.850. The zero-order valence-corrected chi connectivity index (χ0v) is 8.88. The molecule has 0 fully saturated rings. The first-order valence-corrected chi connectivity index (χ1v) is 5.16. The van der Waals surface area contributed by atoms with Gasteiger partial charge in [-0.05, 0) is 36.5 Å². The molecule has 1 rings (SSSR count). The SMILES string of the molecule is CCCCC(C)c1cnccc1C. The fourth-order valence-corrected chi connectivity index (χ4v) is 1.66. The van der Waals surface area contributed by atoms with Crippen LogP contribution in [-0.2, 0) is 0 Å². The molecular weight excluding hydrogens is 158 g/mol. The monoisotopic (exact) mass is 177 g/mol. The van der Waals surface area contributed by atoms with Crippen molar-refractivity contribution in [2.75, 3.05) is 0 Å². The van der Waals surface area contributed by atoms with E-state index in [0.717, 1.165) is 0 Å². The number of pyridine rings is 1. The van der Waals surface area contributed by atoms with Crippen molar-refractivity contribution in [3.63, 3.8) is 0 Å². The lowest BCUT2D eigenvalue weighted by molar-refractivity contribution is 0.620. The lowest BCUT2D eigenvalue weighted by Crippen LogP contribution is -1.97. The molecule has 1 heterocycles. The molecule has 0 aliphatic heterocycles. The summed E-state index contributed by atoms with van der Waals surface area (Å²) in [4.78, 5) is 4.17. The maximum atomic E-state index is 4.17. The van der Waals surface area contributed by atoms with E-state index in [2.05, 4.69) is 31.8 Å². The van der Waals surface area contributed by atoms with Crippen LogP contribution in [0.4, 0.5) is 0 Å². The van der Waals surface area contributed by atoms with E-state index in [-0.39, 0.29) is 0 Å². The summed E-state index contributed by atoms with van der Waals surface area (Å²) in [5.74, 6) is 0.661. The summed E-state index contributed by atoms with van der Waals surface area (Å²) in [6, 6.07) is 2.10. The number of nitrogens with zero attached hydrogens (tertiary/aromatic N) is 1. The van der Waals surface area contributed by atoms with Gasteiger partial charge in [-0.3, -0.25) is 4.98 Å². The van der Waals surface area contributed by atoms with E-state index in [4.69, 9.17) is 0 Å². The van der Waals surface area contributed by atoms with Crippen molar-refractivity contribution in [2.45, 2.75) is 46.0 Å². The Labute approximate surface area is 81.2 Å². The number of unbranched alkanes of at least 4 members (excludes halogenated alkanes) is 1. The van der Waals surface area contributed by atoms with Gasteiger partial charge in [-0.25, -0.2) is 0 Å². The number of rotatable bonds is 4. The molecular formula is C12H19N. The third-order valence-electron chi connectivity index (χ3n) is 2.60. The molecule has 1 atom stereocenters. The van der Waals surface area contributed by atoms with E-state index >= 15 is 0 Å². The second-order valence-electron chi connectivity index (χ2n) is 3.78. The van der Waals surface area contributed by atoms with Gasteiger partial charge in [0.25, 0.3) is 0 Å². The molecule has 0 bridgehead atoms. The maximum absolute atomic E-state index is 4.17. The molecule has 13 heavy (non-hydrogen) atoms. The van der Waals surface area contributed by atoms with Gasteiger partial charge in [0.05, 0.1) is 0 Å². The van der Waals surface area contributed by atoms with Crippen LogP contribution in [0.25, 0.3) is 0 Å². The largest absolute Gasteiger partial charge is 0.264 e. The summed E-state index contributed by atoms with van der Waals surface area (Å²) in [6.45, 7) is 6.70. The van der Waals surface area contributed by atoms with Gasteiger partial charge in [0, 0.05) is 12.4 Å². The highest BCUT2D eigenvalue weighted by Crippen LogP contribution is 2.23. The third-order valence-corrected chi connectivity index (χ3v) is 2.60. The number of hydrogen-bond acceptors (Lipinski definition) is 1. The molecule has 1 unspecified atom stereocenters. The highest BCUT2D eigenvalue weighted by Gasteiger charge is 2.06. The van der Waals surface area contributed by atoms with Crippen molar-refractivity contribution < 1.29 is 0 Å². The number of hydrogen-bond donors (Lipinski definition) is 0. The minimum absolute atomic E-state index is 0.661. The Kier molecular flexibility index (Phi) is 3.94. The molecule has 0 saturated heterocycles. The predicted octanol–water partition coefficient (Wildman–Crippen LogP) is 3.68. The summed E-state index contributed by atoms with van der Waals surface area (Å²) in [5.41, 5.74) is 2.79. The number of aryl methyl sites for hydroxylation is 1. The van der Waals surface area contributed by atoms with E-state index < -0.39 is 0 Å². The normalized spacial score (nSPS) is 12.8. The van der Waals surface area contributed by atoms with Crippen molar-refractivity contribution in [1.29, 1.82) is 0 Å². The van der Waals surface area contributed by atoms with Crippen molar-refractivity contribution >= 4 is 0 Å². The fourth-order valence-electron chi connectivity index (χ4n) is 1.66. The second-order valence-corrected chi connectivity index (χ2v) is 3.78. The van der Waals surface area contributed by atoms with Gasteiger partial charge in [0.2, 0.25) is 0 Å². The van der Waals surface area contributed by atoms with Gasteiger partial charge < -0.3 is 0 Å². The average molecular weight is 177 g/mol. The van der Waals surface area contributed by atoms with Crippen molar-refractivity contribution in [1.82, 2.24) is 4.98 Å². The average Bonchev–Trinajstić information content (AvgIpc) is 2.15. The van der Waals surface area contributed by atoms with Crippen LogP contribution in [0.5, 0.6) is 0 Å². The summed E-state index contributed by atoms with van der Waals surface area (Å²) in [5, 5.41) is 0. The first kappa shape index (κ1) is 10.2. The van der Waals surface area contributed by atoms with Crippen LogP contribution >= 0.6 is 0 Å². The van der Waals surface area contributed by atoms with E-state index in [1.54, 1.807) is 0 Å². The summed E-state index contributed by atoms with van der Waals surface area (Å²) < 4.78 is 0. The Morgan fingerprint density at radius 2 is 2.23 bits per heavy atom. The van der Waals surface area contributed by atoms with Crippen molar-refractivity contribution in [2.24, 2.45) is 0 Å². The molecule has 0 aromatic carbocycles.